The fraction of sp³-hybridized carbons (Fsp3) is 0.556. The van der Waals surface area contributed by atoms with Crippen LogP contribution in [-0.2, 0) is 13.5 Å². The molecular formula is C9H10F2N2O. The third-order valence-corrected chi connectivity index (χ3v) is 2.35. The van der Waals surface area contributed by atoms with Crippen LogP contribution in [0.15, 0.2) is 6.20 Å². The van der Waals surface area contributed by atoms with Gasteiger partial charge in [-0.3, -0.25) is 9.48 Å². The number of rotatable bonds is 0. The number of carbonyl (C=O) groups excluding carboxylic acids is 1. The van der Waals surface area contributed by atoms with Gasteiger partial charge in [-0.15, -0.1) is 0 Å². The molecule has 0 aromatic carbocycles. The van der Waals surface area contributed by atoms with Crippen molar-refractivity contribution in [2.75, 3.05) is 0 Å². The zero-order valence-corrected chi connectivity index (χ0v) is 7.76. The van der Waals surface area contributed by atoms with Crippen LogP contribution >= 0.6 is 0 Å². The van der Waals surface area contributed by atoms with E-state index < -0.39 is 12.3 Å². The molecule has 0 spiro atoms. The Bertz CT molecular complexity index is 384. The number of hydrogen-bond acceptors (Lipinski definition) is 2. The van der Waals surface area contributed by atoms with Gasteiger partial charge in [0.2, 0.25) is 0 Å². The second-order valence-corrected chi connectivity index (χ2v) is 3.62. The van der Waals surface area contributed by atoms with Crippen molar-refractivity contribution in [2.24, 2.45) is 7.05 Å². The molecule has 0 radical (unpaired) electrons. The molecule has 1 aliphatic rings. The normalized spacial score (nSPS) is 20.4. The lowest BCUT2D eigenvalue weighted by molar-refractivity contribution is -0.00695. The smallest absolute Gasteiger partial charge is 0.254 e. The zero-order valence-electron chi connectivity index (χ0n) is 7.76. The van der Waals surface area contributed by atoms with Crippen molar-refractivity contribution in [2.45, 2.75) is 25.2 Å². The van der Waals surface area contributed by atoms with Gasteiger partial charge in [0.25, 0.3) is 5.92 Å². The molecule has 0 saturated heterocycles. The number of fused-ring (bicyclic) bond motifs is 1. The zero-order chi connectivity index (χ0) is 10.3. The van der Waals surface area contributed by atoms with Gasteiger partial charge in [-0.2, -0.15) is 5.10 Å². The monoisotopic (exact) mass is 200 g/mol. The summed E-state index contributed by atoms with van der Waals surface area (Å²) in [4.78, 5) is 11.4. The second kappa shape index (κ2) is 2.87. The van der Waals surface area contributed by atoms with Gasteiger partial charge in [-0.25, -0.2) is 8.78 Å². The summed E-state index contributed by atoms with van der Waals surface area (Å²) in [6.45, 7) is 0. The van der Waals surface area contributed by atoms with E-state index in [2.05, 4.69) is 5.10 Å². The van der Waals surface area contributed by atoms with Crippen LogP contribution in [0.3, 0.4) is 0 Å². The summed E-state index contributed by atoms with van der Waals surface area (Å²) in [7, 11) is 1.63. The van der Waals surface area contributed by atoms with Crippen LogP contribution in [-0.4, -0.2) is 21.5 Å². The second-order valence-electron chi connectivity index (χ2n) is 3.62. The number of aromatic nitrogens is 2. The maximum Gasteiger partial charge on any atom is 0.254 e. The molecule has 0 fully saturated rings. The van der Waals surface area contributed by atoms with Gasteiger partial charge in [0.1, 0.15) is 0 Å². The number of nitrogens with zero attached hydrogens (tertiary/aromatic N) is 2. The van der Waals surface area contributed by atoms with Crippen molar-refractivity contribution in [3.05, 3.63) is 17.5 Å². The van der Waals surface area contributed by atoms with Gasteiger partial charge in [0.05, 0.1) is 17.7 Å². The average molecular weight is 200 g/mol. The Morgan fingerprint density at radius 1 is 1.57 bits per heavy atom. The Morgan fingerprint density at radius 2 is 2.29 bits per heavy atom. The summed E-state index contributed by atoms with van der Waals surface area (Å²) in [6.07, 6.45) is 0.631. The minimum Gasteiger partial charge on any atom is -0.294 e. The molecule has 0 saturated carbocycles. The molecule has 3 nitrogen and oxygen atoms in total. The number of aryl methyl sites for hydroxylation is 1. The lowest BCUT2D eigenvalue weighted by atomic mass is 10.1. The van der Waals surface area contributed by atoms with Crippen LogP contribution in [0.5, 0.6) is 0 Å². The molecule has 2 rings (SSSR count). The third kappa shape index (κ3) is 1.54. The average Bonchev–Trinajstić information content (AvgIpc) is 2.37. The molecule has 0 N–H and O–H groups in total. The van der Waals surface area contributed by atoms with Gasteiger partial charge in [0, 0.05) is 26.1 Å². The summed E-state index contributed by atoms with van der Waals surface area (Å²) in [5.74, 6) is -3.03. The Hall–Kier alpha value is -1.26. The van der Waals surface area contributed by atoms with E-state index in [1.807, 2.05) is 0 Å². The van der Waals surface area contributed by atoms with Gasteiger partial charge >= 0.3 is 0 Å². The van der Waals surface area contributed by atoms with Crippen LogP contribution in [0.2, 0.25) is 0 Å². The van der Waals surface area contributed by atoms with Gasteiger partial charge < -0.3 is 0 Å². The van der Waals surface area contributed by atoms with Crippen molar-refractivity contribution < 1.29 is 13.6 Å². The Morgan fingerprint density at radius 3 is 3.00 bits per heavy atom. The third-order valence-electron chi connectivity index (χ3n) is 2.35. The van der Waals surface area contributed by atoms with Crippen molar-refractivity contribution in [1.82, 2.24) is 9.78 Å². The lowest BCUT2D eigenvalue weighted by Gasteiger charge is -2.10. The van der Waals surface area contributed by atoms with Crippen molar-refractivity contribution >= 4 is 5.78 Å². The first-order valence-corrected chi connectivity index (χ1v) is 4.41. The molecule has 76 valence electrons. The summed E-state index contributed by atoms with van der Waals surface area (Å²) in [5, 5.41) is 3.87. The molecular weight excluding hydrogens is 190 g/mol. The molecule has 1 aromatic rings. The van der Waals surface area contributed by atoms with E-state index in [1.165, 1.54) is 10.9 Å². The van der Waals surface area contributed by atoms with Crippen LogP contribution in [0.25, 0.3) is 0 Å². The molecule has 0 bridgehead atoms. The van der Waals surface area contributed by atoms with E-state index >= 15 is 0 Å². The molecule has 1 aromatic heterocycles. The van der Waals surface area contributed by atoms with Crippen LogP contribution in [0.1, 0.15) is 28.9 Å². The highest BCUT2D eigenvalue weighted by atomic mass is 19.3. The van der Waals surface area contributed by atoms with Gasteiger partial charge in [-0.1, -0.05) is 0 Å². The Kier molecular flexibility index (Phi) is 1.90. The first kappa shape index (κ1) is 9.30. The highest BCUT2D eigenvalue weighted by Gasteiger charge is 2.36. The standard InChI is InChI=1S/C9H10F2N2O/c1-13-5-6-7(12-13)4-9(10,11)3-2-8(6)14/h5H,2-4H2,1H3. The van der Waals surface area contributed by atoms with E-state index in [0.29, 0.717) is 5.56 Å². The Labute approximate surface area is 79.7 Å². The minimum atomic E-state index is -2.80. The van der Waals surface area contributed by atoms with E-state index in [1.54, 1.807) is 7.05 Å². The minimum absolute atomic E-state index is 0.0916. The number of hydrogen-bond donors (Lipinski definition) is 0. The molecule has 0 amide bonds. The predicted octanol–water partition coefficient (Wildman–Crippen LogP) is 1.57. The highest BCUT2D eigenvalue weighted by Crippen LogP contribution is 2.30. The largest absolute Gasteiger partial charge is 0.294 e. The molecule has 14 heavy (non-hydrogen) atoms. The lowest BCUT2D eigenvalue weighted by Crippen LogP contribution is -2.18. The summed E-state index contributed by atoms with van der Waals surface area (Å²) >= 11 is 0. The van der Waals surface area contributed by atoms with E-state index in [0.717, 1.165) is 0 Å². The van der Waals surface area contributed by atoms with Gasteiger partial charge in [0.15, 0.2) is 5.78 Å². The quantitative estimate of drug-likeness (QED) is 0.596. The number of halogens is 2. The topological polar surface area (TPSA) is 34.9 Å². The number of carbonyl (C=O) groups is 1. The molecule has 0 aliphatic heterocycles. The SMILES string of the molecule is Cn1cc2c(n1)CC(F)(F)CCC2=O. The summed E-state index contributed by atoms with van der Waals surface area (Å²) in [6, 6.07) is 0. The van der Waals surface area contributed by atoms with Crippen molar-refractivity contribution in [3.63, 3.8) is 0 Å². The fourth-order valence-corrected chi connectivity index (χ4v) is 1.66. The molecule has 1 heterocycles. The van der Waals surface area contributed by atoms with E-state index in [-0.39, 0.29) is 24.3 Å². The highest BCUT2D eigenvalue weighted by molar-refractivity contribution is 5.97. The Balaban J connectivity index is 2.45. The first-order valence-electron chi connectivity index (χ1n) is 4.41. The predicted molar refractivity (Wildman–Crippen MR) is 45.4 cm³/mol. The number of ketones is 1. The number of alkyl halides is 2. The first-order chi connectivity index (χ1) is 6.48. The van der Waals surface area contributed by atoms with Gasteiger partial charge in [-0.05, 0) is 0 Å². The van der Waals surface area contributed by atoms with E-state index in [4.69, 9.17) is 0 Å². The molecule has 0 unspecified atom stereocenters. The fourth-order valence-electron chi connectivity index (χ4n) is 1.66. The van der Waals surface area contributed by atoms with Crippen LogP contribution in [0, 0.1) is 0 Å². The van der Waals surface area contributed by atoms with E-state index in [9.17, 15) is 13.6 Å². The summed E-state index contributed by atoms with van der Waals surface area (Å²) in [5.41, 5.74) is 0.574. The molecule has 1 aliphatic carbocycles. The van der Waals surface area contributed by atoms with Crippen LogP contribution in [0.4, 0.5) is 8.78 Å². The molecule has 0 atom stereocenters. The maximum atomic E-state index is 13.1. The van der Waals surface area contributed by atoms with Crippen LogP contribution < -0.4 is 0 Å². The maximum absolute atomic E-state index is 13.1. The molecule has 5 heteroatoms. The summed E-state index contributed by atoms with van der Waals surface area (Å²) < 4.78 is 27.7. The van der Waals surface area contributed by atoms with Crippen molar-refractivity contribution in [3.8, 4) is 0 Å². The number of Topliss-reactive ketones (excluding diaryl/α,β-unsaturated/α-hetero) is 1. The van der Waals surface area contributed by atoms with Crippen molar-refractivity contribution in [1.29, 1.82) is 0 Å².